The predicted octanol–water partition coefficient (Wildman–Crippen LogP) is 2.45. The molecule has 20 heavy (non-hydrogen) atoms. The lowest BCUT2D eigenvalue weighted by atomic mass is 9.93. The minimum Gasteiger partial charge on any atom is -0.423 e. The van der Waals surface area contributed by atoms with Crippen molar-refractivity contribution in [3.8, 4) is 0 Å². The highest BCUT2D eigenvalue weighted by Crippen LogP contribution is 2.29. The van der Waals surface area contributed by atoms with E-state index in [0.717, 1.165) is 25.7 Å². The molecule has 7 heteroatoms. The zero-order valence-corrected chi connectivity index (χ0v) is 10.8. The van der Waals surface area contributed by atoms with Crippen LogP contribution in [0.15, 0.2) is 22.6 Å². The first-order valence-electron chi connectivity index (χ1n) is 6.62. The number of aliphatic hydroxyl groups excluding tert-OH is 1. The molecule has 1 heterocycles. The van der Waals surface area contributed by atoms with Crippen LogP contribution in [-0.2, 0) is 0 Å². The van der Waals surface area contributed by atoms with E-state index in [2.05, 4.69) is 10.3 Å². The molecular formula is C13H15N3O4. The Morgan fingerprint density at radius 3 is 2.80 bits per heavy atom. The van der Waals surface area contributed by atoms with Crippen molar-refractivity contribution < 1.29 is 14.4 Å². The highest BCUT2D eigenvalue weighted by Gasteiger charge is 2.22. The molecule has 1 fully saturated rings. The van der Waals surface area contributed by atoms with Crippen molar-refractivity contribution in [2.45, 2.75) is 37.8 Å². The molecule has 0 aliphatic heterocycles. The molecular weight excluding hydrogens is 262 g/mol. The Kier molecular flexibility index (Phi) is 3.27. The van der Waals surface area contributed by atoms with Crippen LogP contribution in [0, 0.1) is 10.1 Å². The Labute approximate surface area is 114 Å². The first kappa shape index (κ1) is 12.9. The summed E-state index contributed by atoms with van der Waals surface area (Å²) in [5.74, 6) is 0. The molecule has 3 rings (SSSR count). The summed E-state index contributed by atoms with van der Waals surface area (Å²) >= 11 is 0. The van der Waals surface area contributed by atoms with Crippen molar-refractivity contribution in [1.29, 1.82) is 0 Å². The van der Waals surface area contributed by atoms with E-state index in [-0.39, 0.29) is 23.3 Å². The van der Waals surface area contributed by atoms with Crippen molar-refractivity contribution in [1.82, 2.24) is 4.98 Å². The van der Waals surface area contributed by atoms with Crippen LogP contribution in [0.4, 0.5) is 11.7 Å². The van der Waals surface area contributed by atoms with Crippen LogP contribution in [0.5, 0.6) is 0 Å². The Morgan fingerprint density at radius 1 is 1.35 bits per heavy atom. The van der Waals surface area contributed by atoms with E-state index >= 15 is 0 Å². The standard InChI is InChI=1S/C13H15N3O4/c17-9-6-4-8(5-7-9)14-13-15-12-10(16(18)19)2-1-3-11(12)20-13/h1-3,8-9,17H,4-7H2,(H,14,15). The number of aliphatic hydroxyl groups is 1. The van der Waals surface area contributed by atoms with E-state index in [0.29, 0.717) is 11.6 Å². The largest absolute Gasteiger partial charge is 0.423 e. The van der Waals surface area contributed by atoms with E-state index in [4.69, 9.17) is 4.42 Å². The number of rotatable bonds is 3. The number of hydrogen-bond donors (Lipinski definition) is 2. The average Bonchev–Trinajstić information content (AvgIpc) is 2.83. The van der Waals surface area contributed by atoms with Crippen LogP contribution in [0.3, 0.4) is 0 Å². The number of oxazole rings is 1. The van der Waals surface area contributed by atoms with Gasteiger partial charge in [0.25, 0.3) is 11.7 Å². The van der Waals surface area contributed by atoms with Crippen LogP contribution in [0.25, 0.3) is 11.1 Å². The summed E-state index contributed by atoms with van der Waals surface area (Å²) in [6.07, 6.45) is 2.94. The molecule has 106 valence electrons. The lowest BCUT2D eigenvalue weighted by Gasteiger charge is -2.25. The second-order valence-corrected chi connectivity index (χ2v) is 5.05. The molecule has 1 aliphatic carbocycles. The fourth-order valence-electron chi connectivity index (χ4n) is 2.54. The third kappa shape index (κ3) is 2.44. The maximum absolute atomic E-state index is 10.9. The molecule has 0 spiro atoms. The van der Waals surface area contributed by atoms with Gasteiger partial charge in [-0.1, -0.05) is 6.07 Å². The van der Waals surface area contributed by atoms with E-state index in [1.807, 2.05) is 0 Å². The zero-order chi connectivity index (χ0) is 14.1. The fraction of sp³-hybridized carbons (Fsp3) is 0.462. The molecule has 1 aromatic heterocycles. The van der Waals surface area contributed by atoms with Gasteiger partial charge in [-0.2, -0.15) is 4.98 Å². The number of benzene rings is 1. The molecule has 2 N–H and O–H groups in total. The van der Waals surface area contributed by atoms with Gasteiger partial charge in [-0.05, 0) is 31.7 Å². The van der Waals surface area contributed by atoms with Gasteiger partial charge in [0, 0.05) is 12.1 Å². The predicted molar refractivity (Wildman–Crippen MR) is 72.5 cm³/mol. The molecule has 0 saturated heterocycles. The molecule has 1 saturated carbocycles. The van der Waals surface area contributed by atoms with Gasteiger partial charge in [0.05, 0.1) is 11.0 Å². The smallest absolute Gasteiger partial charge is 0.298 e. The lowest BCUT2D eigenvalue weighted by Crippen LogP contribution is -2.28. The topological polar surface area (TPSA) is 101 Å². The number of aromatic nitrogens is 1. The number of nitro benzene ring substituents is 1. The van der Waals surface area contributed by atoms with Gasteiger partial charge in [-0.3, -0.25) is 10.1 Å². The minimum atomic E-state index is -0.467. The summed E-state index contributed by atoms with van der Waals surface area (Å²) < 4.78 is 5.50. The number of fused-ring (bicyclic) bond motifs is 1. The first-order chi connectivity index (χ1) is 9.63. The Morgan fingerprint density at radius 2 is 2.10 bits per heavy atom. The molecule has 0 bridgehead atoms. The van der Waals surface area contributed by atoms with Crippen molar-refractivity contribution in [3.05, 3.63) is 28.3 Å². The molecule has 0 radical (unpaired) electrons. The summed E-state index contributed by atoms with van der Waals surface area (Å²) in [5.41, 5.74) is 0.603. The quantitative estimate of drug-likeness (QED) is 0.660. The van der Waals surface area contributed by atoms with E-state index in [1.165, 1.54) is 6.07 Å². The van der Waals surface area contributed by atoms with Crippen molar-refractivity contribution in [2.75, 3.05) is 5.32 Å². The second kappa shape index (κ2) is 5.09. The number of nitrogens with zero attached hydrogens (tertiary/aromatic N) is 2. The van der Waals surface area contributed by atoms with E-state index in [1.54, 1.807) is 12.1 Å². The highest BCUT2D eigenvalue weighted by atomic mass is 16.6. The van der Waals surface area contributed by atoms with Crippen LogP contribution in [0.1, 0.15) is 25.7 Å². The van der Waals surface area contributed by atoms with Crippen LogP contribution in [-0.4, -0.2) is 27.2 Å². The maximum Gasteiger partial charge on any atom is 0.298 e. The number of anilines is 1. The number of nitrogens with one attached hydrogen (secondary N) is 1. The molecule has 1 aromatic carbocycles. The Balaban J connectivity index is 1.82. The van der Waals surface area contributed by atoms with Crippen LogP contribution < -0.4 is 5.32 Å². The Bertz CT molecular complexity index is 632. The number of non-ortho nitro benzene ring substituents is 1. The van der Waals surface area contributed by atoms with Crippen LogP contribution in [0.2, 0.25) is 0 Å². The SMILES string of the molecule is O=[N+]([O-])c1cccc2oc(NC3CCC(O)CC3)nc12. The molecule has 0 atom stereocenters. The second-order valence-electron chi connectivity index (χ2n) is 5.05. The molecule has 0 amide bonds. The summed E-state index contributed by atoms with van der Waals surface area (Å²) in [5, 5.41) is 23.5. The monoisotopic (exact) mass is 277 g/mol. The van der Waals surface area contributed by atoms with Crippen LogP contribution >= 0.6 is 0 Å². The number of hydrogen-bond acceptors (Lipinski definition) is 6. The average molecular weight is 277 g/mol. The third-order valence-electron chi connectivity index (χ3n) is 3.62. The maximum atomic E-state index is 10.9. The van der Waals surface area contributed by atoms with Gasteiger partial charge in [-0.15, -0.1) is 0 Å². The molecule has 0 unspecified atom stereocenters. The summed E-state index contributed by atoms with van der Waals surface area (Å²) in [6, 6.07) is 5.13. The number of para-hydroxylation sites is 1. The van der Waals surface area contributed by atoms with Crippen molar-refractivity contribution in [2.24, 2.45) is 0 Å². The first-order valence-corrected chi connectivity index (χ1v) is 6.62. The summed E-state index contributed by atoms with van der Waals surface area (Å²) in [6.45, 7) is 0. The summed E-state index contributed by atoms with van der Waals surface area (Å²) in [7, 11) is 0. The van der Waals surface area contributed by atoms with Gasteiger partial charge in [-0.25, -0.2) is 0 Å². The third-order valence-corrected chi connectivity index (χ3v) is 3.62. The van der Waals surface area contributed by atoms with E-state index in [9.17, 15) is 15.2 Å². The Hall–Kier alpha value is -2.15. The molecule has 1 aliphatic rings. The minimum absolute atomic E-state index is 0.0571. The van der Waals surface area contributed by atoms with Gasteiger partial charge >= 0.3 is 0 Å². The molecule has 7 nitrogen and oxygen atoms in total. The zero-order valence-electron chi connectivity index (χ0n) is 10.8. The lowest BCUT2D eigenvalue weighted by molar-refractivity contribution is -0.383. The number of nitro groups is 1. The highest BCUT2D eigenvalue weighted by molar-refractivity contribution is 5.84. The fourth-order valence-corrected chi connectivity index (χ4v) is 2.54. The van der Waals surface area contributed by atoms with Gasteiger partial charge < -0.3 is 14.8 Å². The normalized spacial score (nSPS) is 22.9. The van der Waals surface area contributed by atoms with Gasteiger partial charge in [0.15, 0.2) is 11.1 Å². The van der Waals surface area contributed by atoms with E-state index < -0.39 is 4.92 Å². The summed E-state index contributed by atoms with van der Waals surface area (Å²) in [4.78, 5) is 14.6. The van der Waals surface area contributed by atoms with Crippen molar-refractivity contribution in [3.63, 3.8) is 0 Å². The molecule has 2 aromatic rings. The van der Waals surface area contributed by atoms with Crippen molar-refractivity contribution >= 4 is 22.8 Å². The van der Waals surface area contributed by atoms with Gasteiger partial charge in [0.1, 0.15) is 0 Å². The van der Waals surface area contributed by atoms with Gasteiger partial charge in [0.2, 0.25) is 0 Å².